The zero-order valence-electron chi connectivity index (χ0n) is 13.6. The van der Waals surface area contributed by atoms with Gasteiger partial charge in [-0.3, -0.25) is 4.99 Å². The Morgan fingerprint density at radius 2 is 1.82 bits per heavy atom. The molecule has 0 atom stereocenters. The lowest BCUT2D eigenvalue weighted by atomic mass is 9.96. The molecule has 1 fully saturated rings. The summed E-state index contributed by atoms with van der Waals surface area (Å²) in [5.74, 6) is 0. The number of aromatic nitrogens is 2. The lowest BCUT2D eigenvalue weighted by molar-refractivity contribution is 0.434. The van der Waals surface area contributed by atoms with Crippen molar-refractivity contribution in [3.05, 3.63) is 29.1 Å². The van der Waals surface area contributed by atoms with E-state index in [-0.39, 0.29) is 0 Å². The van der Waals surface area contributed by atoms with Crippen LogP contribution in [-0.4, -0.2) is 29.9 Å². The summed E-state index contributed by atoms with van der Waals surface area (Å²) in [6.45, 7) is 0. The van der Waals surface area contributed by atoms with Crippen LogP contribution >= 0.6 is 11.3 Å². The topological polar surface area (TPSA) is 33.4 Å². The van der Waals surface area contributed by atoms with Crippen LogP contribution in [0.5, 0.6) is 0 Å². The van der Waals surface area contributed by atoms with E-state index in [2.05, 4.69) is 48.4 Å². The number of hydrogen-bond acceptors (Lipinski definition) is 4. The molecule has 3 rings (SSSR count). The fraction of sp³-hybridized carbons (Fsp3) is 0.529. The number of nitrogens with zero attached hydrogens (tertiary/aromatic N) is 4. The maximum atomic E-state index is 4.92. The van der Waals surface area contributed by atoms with Crippen molar-refractivity contribution in [1.29, 1.82) is 0 Å². The fourth-order valence-electron chi connectivity index (χ4n) is 2.85. The Labute approximate surface area is 136 Å². The molecule has 0 aliphatic heterocycles. The van der Waals surface area contributed by atoms with Gasteiger partial charge in [0.05, 0.1) is 6.04 Å². The van der Waals surface area contributed by atoms with Crippen LogP contribution in [0, 0.1) is 0 Å². The largest absolute Gasteiger partial charge is 0.378 e. The molecule has 0 N–H and O–H groups in total. The van der Waals surface area contributed by atoms with Crippen LogP contribution in [0.15, 0.2) is 29.3 Å². The van der Waals surface area contributed by atoms with E-state index in [1.807, 2.05) is 11.7 Å². The first-order chi connectivity index (χ1) is 10.6. The highest BCUT2D eigenvalue weighted by molar-refractivity contribution is 7.12. The van der Waals surface area contributed by atoms with Crippen molar-refractivity contribution in [1.82, 2.24) is 9.78 Å². The predicted octanol–water partition coefficient (Wildman–Crippen LogP) is 3.45. The average Bonchev–Trinajstić information content (AvgIpc) is 2.89. The van der Waals surface area contributed by atoms with Gasteiger partial charge in [-0.1, -0.05) is 30.6 Å². The van der Waals surface area contributed by atoms with E-state index in [0.29, 0.717) is 6.04 Å². The zero-order chi connectivity index (χ0) is 15.5. The standard InChI is InChI=1S/C17H24N4S/c1-20(2)15-11-9-13(10-12-15)16-19-21(3)17(22-16)18-14-7-5-4-6-8-14/h9-12,14H,4-8H2,1-3H3. The third-order valence-corrected chi connectivity index (χ3v) is 5.27. The van der Waals surface area contributed by atoms with Crippen LogP contribution in [0.3, 0.4) is 0 Å². The van der Waals surface area contributed by atoms with E-state index < -0.39 is 0 Å². The number of aryl methyl sites for hydroxylation is 1. The van der Waals surface area contributed by atoms with E-state index in [9.17, 15) is 0 Å². The molecule has 2 aromatic rings. The Hall–Kier alpha value is -1.62. The van der Waals surface area contributed by atoms with E-state index >= 15 is 0 Å². The van der Waals surface area contributed by atoms with E-state index in [4.69, 9.17) is 4.99 Å². The highest BCUT2D eigenvalue weighted by atomic mass is 32.1. The summed E-state index contributed by atoms with van der Waals surface area (Å²) in [6, 6.07) is 9.03. The number of anilines is 1. The van der Waals surface area contributed by atoms with Crippen molar-refractivity contribution >= 4 is 17.0 Å². The smallest absolute Gasteiger partial charge is 0.203 e. The molecular formula is C17H24N4S. The van der Waals surface area contributed by atoms with Crippen molar-refractivity contribution in [2.45, 2.75) is 38.1 Å². The molecule has 1 aliphatic carbocycles. The van der Waals surface area contributed by atoms with E-state index in [1.165, 1.54) is 37.8 Å². The quantitative estimate of drug-likeness (QED) is 0.869. The molecule has 0 saturated heterocycles. The van der Waals surface area contributed by atoms with Crippen LogP contribution in [0.4, 0.5) is 5.69 Å². The minimum Gasteiger partial charge on any atom is -0.378 e. The Morgan fingerprint density at radius 1 is 1.14 bits per heavy atom. The lowest BCUT2D eigenvalue weighted by Gasteiger charge is -2.16. The first-order valence-electron chi connectivity index (χ1n) is 7.99. The SMILES string of the molecule is CN(C)c1ccc(-c2nn(C)c(=NC3CCCCC3)s2)cc1. The first kappa shape index (κ1) is 15.3. The second-order valence-corrected chi connectivity index (χ2v) is 7.13. The van der Waals surface area contributed by atoms with Crippen molar-refractivity contribution < 1.29 is 0 Å². The Balaban J connectivity index is 1.86. The molecule has 0 unspecified atom stereocenters. The van der Waals surface area contributed by atoms with Gasteiger partial charge in [-0.05, 0) is 37.1 Å². The number of hydrogen-bond donors (Lipinski definition) is 0. The third kappa shape index (κ3) is 3.40. The normalized spacial score (nSPS) is 17.0. The number of benzene rings is 1. The van der Waals surface area contributed by atoms with Gasteiger partial charge in [0.15, 0.2) is 0 Å². The molecule has 1 heterocycles. The van der Waals surface area contributed by atoms with Gasteiger partial charge in [-0.15, -0.1) is 0 Å². The molecule has 0 spiro atoms. The molecule has 1 saturated carbocycles. The number of rotatable bonds is 3. The molecule has 0 amide bonds. The Kier molecular flexibility index (Phi) is 4.62. The highest BCUT2D eigenvalue weighted by Crippen LogP contribution is 2.23. The van der Waals surface area contributed by atoms with Crippen LogP contribution in [0.1, 0.15) is 32.1 Å². The zero-order valence-corrected chi connectivity index (χ0v) is 14.4. The molecule has 118 valence electrons. The van der Waals surface area contributed by atoms with Crippen molar-refractivity contribution in [3.8, 4) is 10.6 Å². The summed E-state index contributed by atoms with van der Waals surface area (Å²) in [4.78, 5) is 8.07. The van der Waals surface area contributed by atoms with Crippen molar-refractivity contribution in [2.75, 3.05) is 19.0 Å². The van der Waals surface area contributed by atoms with Gasteiger partial charge >= 0.3 is 0 Å². The van der Waals surface area contributed by atoms with Gasteiger partial charge in [-0.2, -0.15) is 5.10 Å². The fourth-order valence-corrected chi connectivity index (χ4v) is 3.81. The van der Waals surface area contributed by atoms with Crippen molar-refractivity contribution in [2.24, 2.45) is 12.0 Å². The lowest BCUT2D eigenvalue weighted by Crippen LogP contribution is -2.18. The predicted molar refractivity (Wildman–Crippen MR) is 93.3 cm³/mol. The molecule has 22 heavy (non-hydrogen) atoms. The third-order valence-electron chi connectivity index (χ3n) is 4.20. The summed E-state index contributed by atoms with van der Waals surface area (Å²) in [5, 5.41) is 5.69. The first-order valence-corrected chi connectivity index (χ1v) is 8.81. The van der Waals surface area contributed by atoms with Crippen LogP contribution in [0.2, 0.25) is 0 Å². The summed E-state index contributed by atoms with van der Waals surface area (Å²) < 4.78 is 1.93. The average molecular weight is 316 g/mol. The van der Waals surface area contributed by atoms with Crippen LogP contribution < -0.4 is 9.70 Å². The summed E-state index contributed by atoms with van der Waals surface area (Å²) in [7, 11) is 6.11. The maximum absolute atomic E-state index is 4.92. The van der Waals surface area contributed by atoms with Gasteiger partial charge in [0, 0.05) is 32.4 Å². The molecule has 1 aliphatic rings. The summed E-state index contributed by atoms with van der Waals surface area (Å²) in [6.07, 6.45) is 6.45. The highest BCUT2D eigenvalue weighted by Gasteiger charge is 2.13. The second-order valence-electron chi connectivity index (χ2n) is 6.18. The monoisotopic (exact) mass is 316 g/mol. The molecule has 1 aromatic heterocycles. The van der Waals surface area contributed by atoms with Crippen LogP contribution in [0.25, 0.3) is 10.6 Å². The minimum atomic E-state index is 0.490. The Morgan fingerprint density at radius 3 is 2.45 bits per heavy atom. The van der Waals surface area contributed by atoms with Crippen molar-refractivity contribution in [3.63, 3.8) is 0 Å². The molecule has 0 radical (unpaired) electrons. The summed E-state index contributed by atoms with van der Waals surface area (Å²) >= 11 is 1.69. The maximum Gasteiger partial charge on any atom is 0.203 e. The minimum absolute atomic E-state index is 0.490. The molecular weight excluding hydrogens is 292 g/mol. The van der Waals surface area contributed by atoms with E-state index in [1.54, 1.807) is 11.3 Å². The van der Waals surface area contributed by atoms with E-state index in [0.717, 1.165) is 15.4 Å². The van der Waals surface area contributed by atoms with Gasteiger partial charge < -0.3 is 4.90 Å². The van der Waals surface area contributed by atoms with Gasteiger partial charge in [0.25, 0.3) is 0 Å². The molecule has 4 nitrogen and oxygen atoms in total. The van der Waals surface area contributed by atoms with Gasteiger partial charge in [0.1, 0.15) is 5.01 Å². The molecule has 0 bridgehead atoms. The Bertz CT molecular complexity index is 675. The second kappa shape index (κ2) is 6.65. The molecule has 5 heteroatoms. The molecule has 1 aromatic carbocycles. The van der Waals surface area contributed by atoms with Gasteiger partial charge in [-0.25, -0.2) is 4.68 Å². The van der Waals surface area contributed by atoms with Gasteiger partial charge in [0.2, 0.25) is 4.80 Å². The van der Waals surface area contributed by atoms with Crippen LogP contribution in [-0.2, 0) is 7.05 Å². The summed E-state index contributed by atoms with van der Waals surface area (Å²) in [5.41, 5.74) is 2.37.